The maximum atomic E-state index is 10.7. The highest BCUT2D eigenvalue weighted by atomic mass is 16.5. The second-order valence-electron chi connectivity index (χ2n) is 9.95. The number of likely N-dealkylation sites (tertiary alicyclic amines) is 1. The number of aliphatic hydroxyl groups is 1. The van der Waals surface area contributed by atoms with Gasteiger partial charge in [-0.15, -0.1) is 0 Å². The molecule has 0 saturated carbocycles. The molecule has 7 heteroatoms. The molecule has 2 aliphatic heterocycles. The lowest BCUT2D eigenvalue weighted by atomic mass is 9.53. The van der Waals surface area contributed by atoms with E-state index in [4.69, 9.17) is 9.84 Å². The van der Waals surface area contributed by atoms with Crippen LogP contribution in [0, 0.1) is 5.92 Å². The first-order chi connectivity index (χ1) is 16.8. The third-order valence-electron chi connectivity index (χ3n) is 8.24. The van der Waals surface area contributed by atoms with Crippen molar-refractivity contribution in [2.75, 3.05) is 13.6 Å². The van der Waals surface area contributed by atoms with Crippen LogP contribution in [0.5, 0.6) is 17.2 Å². The number of aliphatic hydroxyl groups excluding tert-OH is 1. The molecular formula is C28H27NO6. The summed E-state index contributed by atoms with van der Waals surface area (Å²) in [5.74, 6) is -0.126. The van der Waals surface area contributed by atoms with Crippen LogP contribution < -0.4 is 4.74 Å². The Bertz CT molecular complexity index is 1380. The predicted molar refractivity (Wildman–Crippen MR) is 130 cm³/mol. The number of carboxylic acids is 1. The largest absolute Gasteiger partial charge is 0.507 e. The Morgan fingerprint density at radius 1 is 1.06 bits per heavy atom. The van der Waals surface area contributed by atoms with Crippen molar-refractivity contribution in [1.29, 1.82) is 0 Å². The van der Waals surface area contributed by atoms with E-state index < -0.39 is 12.1 Å². The minimum Gasteiger partial charge on any atom is -0.507 e. The first kappa shape index (κ1) is 21.9. The Hall–Kier alpha value is -3.55. The van der Waals surface area contributed by atoms with Crippen molar-refractivity contribution in [3.8, 4) is 17.2 Å². The van der Waals surface area contributed by atoms with Gasteiger partial charge in [-0.1, -0.05) is 42.5 Å². The molecule has 2 heterocycles. The summed E-state index contributed by atoms with van der Waals surface area (Å²) >= 11 is 0. The number of nitrogens with zero attached hydrogens (tertiary/aromatic N) is 1. The standard InChI is InChI=1S/C17H19NO3.C11H8O3/c1-18-7-6-17-10-3-5-13(20)16(17)21-15-12(19)4-2-9(14(15)17)8-11(10)18;12-10-6-8-4-2-1-3-7(8)5-9(10)11(13)14/h2-5,10-11,13,16,19-20H,6-8H2,1H3;1-6,12H,(H,13,14)/t10-,11+,13-,16-,17-;/m0./s1. The molecule has 0 unspecified atom stereocenters. The van der Waals surface area contributed by atoms with Crippen LogP contribution >= 0.6 is 0 Å². The van der Waals surface area contributed by atoms with Gasteiger partial charge in [0.05, 0.1) is 0 Å². The summed E-state index contributed by atoms with van der Waals surface area (Å²) < 4.78 is 6.09. The van der Waals surface area contributed by atoms with Crippen molar-refractivity contribution in [2.24, 2.45) is 5.92 Å². The van der Waals surface area contributed by atoms with E-state index in [0.29, 0.717) is 17.7 Å². The SMILES string of the molecule is CN1CC[C@]23c4c5ccc(O)c4O[C@H]2[C@@H](O)C=C[C@H]3[C@H]1C5.O=C(O)c1cc2ccccc2cc1O. The minimum atomic E-state index is -1.12. The van der Waals surface area contributed by atoms with Crippen LogP contribution in [0.3, 0.4) is 0 Å². The number of piperidine rings is 1. The zero-order valence-corrected chi connectivity index (χ0v) is 19.3. The molecule has 0 radical (unpaired) electrons. The number of likely N-dealkylation sites (N-methyl/N-ethyl adjacent to an activating group) is 1. The molecule has 1 spiro atoms. The molecule has 2 bridgehead atoms. The topological polar surface area (TPSA) is 110 Å². The quantitative estimate of drug-likeness (QED) is 0.401. The van der Waals surface area contributed by atoms with Crippen molar-refractivity contribution in [1.82, 2.24) is 4.90 Å². The molecule has 7 nitrogen and oxygen atoms in total. The van der Waals surface area contributed by atoms with Crippen LogP contribution in [0.15, 0.2) is 60.7 Å². The van der Waals surface area contributed by atoms with Gasteiger partial charge in [0.2, 0.25) is 0 Å². The number of rotatable bonds is 1. The van der Waals surface area contributed by atoms with Gasteiger partial charge < -0.3 is 30.1 Å². The molecule has 180 valence electrons. The van der Waals surface area contributed by atoms with Gasteiger partial charge in [-0.2, -0.15) is 0 Å². The molecule has 3 aromatic rings. The van der Waals surface area contributed by atoms with Gasteiger partial charge in [0, 0.05) is 22.9 Å². The lowest BCUT2D eigenvalue weighted by Crippen LogP contribution is -2.64. The number of phenolic OH excluding ortho intramolecular Hbond substituents is 1. The van der Waals surface area contributed by atoms with Crippen LogP contribution in [0.4, 0.5) is 0 Å². The number of fused-ring (bicyclic) bond motifs is 1. The number of aromatic carboxylic acids is 1. The molecule has 7 rings (SSSR count). The van der Waals surface area contributed by atoms with Gasteiger partial charge in [0.15, 0.2) is 11.5 Å². The lowest BCUT2D eigenvalue weighted by molar-refractivity contribution is -0.0453. The molecule has 0 aromatic heterocycles. The third kappa shape index (κ3) is 3.08. The molecule has 5 atom stereocenters. The highest BCUT2D eigenvalue weighted by Crippen LogP contribution is 2.62. The van der Waals surface area contributed by atoms with E-state index in [1.165, 1.54) is 23.3 Å². The van der Waals surface area contributed by atoms with Crippen molar-refractivity contribution in [2.45, 2.75) is 36.5 Å². The van der Waals surface area contributed by atoms with E-state index in [1.807, 2.05) is 30.3 Å². The fraction of sp³-hybridized carbons (Fsp3) is 0.321. The zero-order chi connectivity index (χ0) is 24.5. The Balaban J connectivity index is 0.000000143. The van der Waals surface area contributed by atoms with Gasteiger partial charge in [0.1, 0.15) is 23.5 Å². The normalized spacial score (nSPS) is 29.7. The summed E-state index contributed by atoms with van der Waals surface area (Å²) in [5, 5.41) is 40.4. The monoisotopic (exact) mass is 473 g/mol. The van der Waals surface area contributed by atoms with Crippen LogP contribution in [0.25, 0.3) is 10.8 Å². The fourth-order valence-corrected chi connectivity index (χ4v) is 6.64. The molecule has 1 fully saturated rings. The fourth-order valence-electron chi connectivity index (χ4n) is 6.64. The Morgan fingerprint density at radius 3 is 2.54 bits per heavy atom. The first-order valence-corrected chi connectivity index (χ1v) is 11.8. The Labute approximate surface area is 202 Å². The highest BCUT2D eigenvalue weighted by Gasteiger charge is 2.64. The smallest absolute Gasteiger partial charge is 0.339 e. The molecule has 2 aliphatic carbocycles. The average Bonchev–Trinajstić information content (AvgIpc) is 3.20. The second kappa shape index (κ2) is 7.73. The molecule has 3 aromatic carbocycles. The Morgan fingerprint density at radius 2 is 1.80 bits per heavy atom. The van der Waals surface area contributed by atoms with E-state index in [1.54, 1.807) is 12.1 Å². The summed E-state index contributed by atoms with van der Waals surface area (Å²) in [6, 6.07) is 14.4. The number of aromatic hydroxyl groups is 2. The average molecular weight is 474 g/mol. The number of phenols is 2. The highest BCUT2D eigenvalue weighted by molar-refractivity contribution is 5.97. The van der Waals surface area contributed by atoms with Crippen LogP contribution in [-0.4, -0.2) is 63.1 Å². The number of ether oxygens (including phenoxy) is 1. The maximum Gasteiger partial charge on any atom is 0.339 e. The predicted octanol–water partition coefficient (Wildman–Crippen LogP) is 3.44. The molecule has 4 aliphatic rings. The summed E-state index contributed by atoms with van der Waals surface area (Å²) in [6.07, 6.45) is 5.18. The van der Waals surface area contributed by atoms with Gasteiger partial charge >= 0.3 is 5.97 Å². The summed E-state index contributed by atoms with van der Waals surface area (Å²) in [5.41, 5.74) is 2.22. The lowest BCUT2D eigenvalue weighted by Gasteiger charge is -2.56. The summed E-state index contributed by atoms with van der Waals surface area (Å²) in [6.45, 7) is 1.01. The van der Waals surface area contributed by atoms with Crippen molar-refractivity contribution in [3.05, 3.63) is 77.4 Å². The molecule has 4 N–H and O–H groups in total. The van der Waals surface area contributed by atoms with Crippen LogP contribution in [0.2, 0.25) is 0 Å². The number of hydrogen-bond donors (Lipinski definition) is 4. The van der Waals surface area contributed by atoms with E-state index in [9.17, 15) is 20.1 Å². The third-order valence-corrected chi connectivity index (χ3v) is 8.24. The van der Waals surface area contributed by atoms with E-state index in [2.05, 4.69) is 18.0 Å². The molecule has 35 heavy (non-hydrogen) atoms. The van der Waals surface area contributed by atoms with Gasteiger partial charge in [-0.3, -0.25) is 0 Å². The number of carbonyl (C=O) groups is 1. The number of carboxylic acid groups (broad SMARTS) is 1. The summed E-state index contributed by atoms with van der Waals surface area (Å²) in [7, 11) is 2.19. The van der Waals surface area contributed by atoms with Crippen molar-refractivity contribution >= 4 is 16.7 Å². The molecular weight excluding hydrogens is 446 g/mol. The molecule has 0 amide bonds. The van der Waals surface area contributed by atoms with Crippen molar-refractivity contribution in [3.63, 3.8) is 0 Å². The van der Waals surface area contributed by atoms with Gasteiger partial charge in [-0.25, -0.2) is 4.79 Å². The molecule has 1 saturated heterocycles. The first-order valence-electron chi connectivity index (χ1n) is 11.8. The van der Waals surface area contributed by atoms with E-state index in [0.717, 1.165) is 30.2 Å². The van der Waals surface area contributed by atoms with Crippen LogP contribution in [-0.2, 0) is 11.8 Å². The zero-order valence-electron chi connectivity index (χ0n) is 19.3. The second-order valence-corrected chi connectivity index (χ2v) is 9.95. The van der Waals surface area contributed by atoms with Gasteiger partial charge in [-0.05, 0) is 61.0 Å². The van der Waals surface area contributed by atoms with Crippen molar-refractivity contribution < 1.29 is 30.0 Å². The number of hydrogen-bond acceptors (Lipinski definition) is 6. The Kier molecular flexibility index (Phi) is 4.85. The number of benzene rings is 3. The minimum absolute atomic E-state index is 0.0660. The van der Waals surface area contributed by atoms with Gasteiger partial charge in [0.25, 0.3) is 0 Å². The summed E-state index contributed by atoms with van der Waals surface area (Å²) in [4.78, 5) is 13.1. The van der Waals surface area contributed by atoms with E-state index in [-0.39, 0.29) is 28.6 Å². The van der Waals surface area contributed by atoms with Crippen LogP contribution in [0.1, 0.15) is 27.9 Å². The van der Waals surface area contributed by atoms with E-state index >= 15 is 0 Å². The maximum absolute atomic E-state index is 10.7.